The number of H-pyrrole nitrogens is 1. The van der Waals surface area contributed by atoms with Gasteiger partial charge in [0, 0.05) is 11.1 Å². The smallest absolute Gasteiger partial charge is 0.287 e. The number of nitrogens with zero attached hydrogens (tertiary/aromatic N) is 1. The molecule has 1 aliphatic rings. The van der Waals surface area contributed by atoms with Crippen LogP contribution in [-0.2, 0) is 12.8 Å². The summed E-state index contributed by atoms with van der Waals surface area (Å²) in [5, 5.41) is 23.4. The Morgan fingerprint density at radius 2 is 1.76 bits per heavy atom. The van der Waals surface area contributed by atoms with Crippen LogP contribution in [0.15, 0.2) is 27.5 Å². The topological polar surface area (TPSA) is 91.4 Å². The zero-order valence-electron chi connectivity index (χ0n) is 11.2. The van der Waals surface area contributed by atoms with E-state index in [0.717, 1.165) is 36.8 Å². The Morgan fingerprint density at radius 3 is 2.43 bits per heavy atom. The van der Waals surface area contributed by atoms with Crippen molar-refractivity contribution in [2.75, 3.05) is 0 Å². The minimum absolute atomic E-state index is 0.0569. The molecule has 2 aromatic heterocycles. The van der Waals surface area contributed by atoms with Gasteiger partial charge in [-0.1, -0.05) is 0 Å². The van der Waals surface area contributed by atoms with Gasteiger partial charge in [-0.25, -0.2) is 0 Å². The molecule has 3 aromatic rings. The molecule has 0 saturated heterocycles. The van der Waals surface area contributed by atoms with E-state index in [1.165, 1.54) is 4.57 Å². The number of benzene rings is 1. The maximum atomic E-state index is 11.6. The maximum Gasteiger partial charge on any atom is 0.287 e. The van der Waals surface area contributed by atoms with E-state index < -0.39 is 0 Å². The van der Waals surface area contributed by atoms with Crippen molar-refractivity contribution < 1.29 is 14.7 Å². The van der Waals surface area contributed by atoms with E-state index in [1.807, 2.05) is 0 Å². The number of fused-ring (bicyclic) bond motifs is 2. The summed E-state index contributed by atoms with van der Waals surface area (Å²) in [7, 11) is 0. The lowest BCUT2D eigenvalue weighted by atomic mass is 9.95. The Bertz CT molecular complexity index is 871. The van der Waals surface area contributed by atoms with Gasteiger partial charge in [-0.2, -0.15) is 5.16 Å². The lowest BCUT2D eigenvalue weighted by Crippen LogP contribution is -1.99. The van der Waals surface area contributed by atoms with Crippen molar-refractivity contribution >= 4 is 11.0 Å². The summed E-state index contributed by atoms with van der Waals surface area (Å²) in [6.45, 7) is 0. The summed E-state index contributed by atoms with van der Waals surface area (Å²) >= 11 is 0. The average molecular weight is 286 g/mol. The molecule has 0 atom stereocenters. The fourth-order valence-electron chi connectivity index (χ4n) is 3.09. The van der Waals surface area contributed by atoms with Crippen molar-refractivity contribution in [1.29, 1.82) is 0 Å². The van der Waals surface area contributed by atoms with Crippen LogP contribution in [0.3, 0.4) is 0 Å². The number of hydrogen-bond donors (Lipinski definition) is 3. The second-order valence-electron chi connectivity index (χ2n) is 5.36. The summed E-state index contributed by atoms with van der Waals surface area (Å²) in [4.78, 5) is 11.6. The van der Waals surface area contributed by atoms with Crippen LogP contribution in [-0.4, -0.2) is 19.9 Å². The van der Waals surface area contributed by atoms with Gasteiger partial charge in [-0.05, 0) is 43.9 Å². The second kappa shape index (κ2) is 4.18. The first-order valence-corrected chi connectivity index (χ1v) is 6.93. The van der Waals surface area contributed by atoms with Crippen LogP contribution in [0.1, 0.15) is 24.0 Å². The van der Waals surface area contributed by atoms with Crippen molar-refractivity contribution in [2.24, 2.45) is 0 Å². The van der Waals surface area contributed by atoms with Gasteiger partial charge in [0.1, 0.15) is 0 Å². The minimum atomic E-state index is -0.331. The zero-order chi connectivity index (χ0) is 14.6. The SMILES string of the molecule is O=c1[nH]oc2ccc(-n3c(O)c4c(c3O)CCCC4)cc12. The fraction of sp³-hybridized carbons (Fsp3) is 0.267. The first kappa shape index (κ1) is 12.1. The lowest BCUT2D eigenvalue weighted by molar-refractivity contribution is 0.399. The van der Waals surface area contributed by atoms with Crippen LogP contribution in [0.2, 0.25) is 0 Å². The van der Waals surface area contributed by atoms with Crippen molar-refractivity contribution in [2.45, 2.75) is 25.7 Å². The zero-order valence-corrected chi connectivity index (χ0v) is 11.2. The number of aromatic hydroxyl groups is 2. The molecule has 0 fully saturated rings. The number of aromatic amines is 1. The highest BCUT2D eigenvalue weighted by molar-refractivity contribution is 5.78. The van der Waals surface area contributed by atoms with E-state index in [0.29, 0.717) is 16.7 Å². The van der Waals surface area contributed by atoms with Crippen LogP contribution in [0.5, 0.6) is 11.8 Å². The standard InChI is InChI=1S/C15H14N2O4/c18-13-11-7-8(5-6-12(11)21-16-13)17-14(19)9-3-1-2-4-10(9)15(17)20/h5-7,19-20H,1-4H2,(H,16,18). The number of rotatable bonds is 1. The van der Waals surface area contributed by atoms with Gasteiger partial charge >= 0.3 is 0 Å². The first-order chi connectivity index (χ1) is 10.2. The second-order valence-corrected chi connectivity index (χ2v) is 5.36. The van der Waals surface area contributed by atoms with Crippen LogP contribution in [0.4, 0.5) is 0 Å². The maximum absolute atomic E-state index is 11.6. The van der Waals surface area contributed by atoms with E-state index in [2.05, 4.69) is 5.16 Å². The Labute approximate surface area is 119 Å². The van der Waals surface area contributed by atoms with Gasteiger partial charge in [-0.15, -0.1) is 0 Å². The third-order valence-electron chi connectivity index (χ3n) is 4.15. The molecule has 3 N–H and O–H groups in total. The van der Waals surface area contributed by atoms with Gasteiger partial charge in [-0.3, -0.25) is 9.36 Å². The molecule has 0 saturated carbocycles. The van der Waals surface area contributed by atoms with Gasteiger partial charge in [0.25, 0.3) is 5.56 Å². The lowest BCUT2D eigenvalue weighted by Gasteiger charge is -2.09. The number of aromatic nitrogens is 2. The molecule has 2 heterocycles. The molecule has 0 spiro atoms. The molecule has 0 bridgehead atoms. The van der Waals surface area contributed by atoms with Crippen LogP contribution in [0.25, 0.3) is 16.7 Å². The quantitative estimate of drug-likeness (QED) is 0.639. The molecule has 6 nitrogen and oxygen atoms in total. The third-order valence-corrected chi connectivity index (χ3v) is 4.15. The highest BCUT2D eigenvalue weighted by Crippen LogP contribution is 2.40. The molecule has 0 unspecified atom stereocenters. The van der Waals surface area contributed by atoms with Gasteiger partial charge < -0.3 is 14.7 Å². The van der Waals surface area contributed by atoms with Crippen molar-refractivity contribution in [3.05, 3.63) is 39.7 Å². The Hall–Kier alpha value is -2.63. The molecule has 0 amide bonds. The summed E-state index contributed by atoms with van der Waals surface area (Å²) in [5.74, 6) is 0.114. The average Bonchev–Trinajstić information content (AvgIpc) is 2.99. The largest absolute Gasteiger partial charge is 0.494 e. The molecule has 6 heteroatoms. The van der Waals surface area contributed by atoms with Crippen LogP contribution < -0.4 is 5.56 Å². The van der Waals surface area contributed by atoms with Crippen molar-refractivity contribution in [1.82, 2.24) is 9.72 Å². The Balaban J connectivity index is 1.98. The van der Waals surface area contributed by atoms with E-state index in [1.54, 1.807) is 18.2 Å². The third kappa shape index (κ3) is 1.62. The molecule has 108 valence electrons. The van der Waals surface area contributed by atoms with E-state index in [9.17, 15) is 15.0 Å². The van der Waals surface area contributed by atoms with Crippen molar-refractivity contribution in [3.8, 4) is 17.4 Å². The Kier molecular flexibility index (Phi) is 2.42. The molecular weight excluding hydrogens is 272 g/mol. The van der Waals surface area contributed by atoms with Crippen LogP contribution >= 0.6 is 0 Å². The Morgan fingerprint density at radius 1 is 1.10 bits per heavy atom. The summed E-state index contributed by atoms with van der Waals surface area (Å²) in [5.41, 5.74) is 2.26. The highest BCUT2D eigenvalue weighted by Gasteiger charge is 2.25. The summed E-state index contributed by atoms with van der Waals surface area (Å²) in [6.07, 6.45) is 3.53. The minimum Gasteiger partial charge on any atom is -0.494 e. The molecule has 1 aromatic carbocycles. The van der Waals surface area contributed by atoms with Gasteiger partial charge in [0.15, 0.2) is 5.58 Å². The highest BCUT2D eigenvalue weighted by atomic mass is 16.5. The molecule has 21 heavy (non-hydrogen) atoms. The normalized spacial score (nSPS) is 14.5. The summed E-state index contributed by atoms with van der Waals surface area (Å²) in [6, 6.07) is 4.94. The van der Waals surface area contributed by atoms with E-state index in [4.69, 9.17) is 4.52 Å². The number of nitrogens with one attached hydrogen (secondary N) is 1. The van der Waals surface area contributed by atoms with Gasteiger partial charge in [0.2, 0.25) is 11.8 Å². The van der Waals surface area contributed by atoms with Crippen molar-refractivity contribution in [3.63, 3.8) is 0 Å². The molecule has 1 aliphatic carbocycles. The first-order valence-electron chi connectivity index (χ1n) is 6.93. The van der Waals surface area contributed by atoms with E-state index in [-0.39, 0.29) is 17.3 Å². The van der Waals surface area contributed by atoms with Crippen LogP contribution in [0, 0.1) is 0 Å². The molecular formula is C15H14N2O4. The number of hydrogen-bond acceptors (Lipinski definition) is 4. The monoisotopic (exact) mass is 286 g/mol. The van der Waals surface area contributed by atoms with Gasteiger partial charge in [0.05, 0.1) is 11.1 Å². The predicted molar refractivity (Wildman–Crippen MR) is 76.1 cm³/mol. The molecule has 0 aliphatic heterocycles. The predicted octanol–water partition coefficient (Wildman–Crippen LogP) is 2.20. The summed E-state index contributed by atoms with van der Waals surface area (Å²) < 4.78 is 6.40. The molecule has 0 radical (unpaired) electrons. The van der Waals surface area contributed by atoms with E-state index >= 15 is 0 Å². The fourth-order valence-corrected chi connectivity index (χ4v) is 3.09. The molecule has 4 rings (SSSR count).